The Morgan fingerprint density at radius 2 is 1.81 bits per heavy atom. The molecule has 0 saturated heterocycles. The lowest BCUT2D eigenvalue weighted by Crippen LogP contribution is -2.43. The molecule has 1 aromatic carbocycles. The zero-order valence-corrected chi connectivity index (χ0v) is 15.1. The number of hydrogen-bond acceptors (Lipinski definition) is 1. The van der Waals surface area contributed by atoms with Gasteiger partial charge in [0.1, 0.15) is 5.75 Å². The van der Waals surface area contributed by atoms with Crippen LogP contribution in [0.2, 0.25) is 18.1 Å². The topological polar surface area (TPSA) is 9.23 Å². The first kappa shape index (κ1) is 14.5. The van der Waals surface area contributed by atoms with Gasteiger partial charge in [0, 0.05) is 8.04 Å². The highest BCUT2D eigenvalue weighted by Gasteiger charge is 2.38. The lowest BCUT2D eigenvalue weighted by molar-refractivity contribution is 0.492. The van der Waals surface area contributed by atoms with Crippen LogP contribution in [0.1, 0.15) is 20.8 Å². The summed E-state index contributed by atoms with van der Waals surface area (Å²) < 4.78 is 8.53. The zero-order valence-electron chi connectivity index (χ0n) is 10.4. The van der Waals surface area contributed by atoms with E-state index in [2.05, 4.69) is 78.5 Å². The standard InChI is InChI=1S/C12H18BrIOSi/c1-12(2,3)16(4,5)15-9-6-7-10(13)11(14)8-9/h6-8H,1-5H3. The van der Waals surface area contributed by atoms with Crippen molar-refractivity contribution in [3.8, 4) is 5.75 Å². The third-order valence-electron chi connectivity index (χ3n) is 3.07. The van der Waals surface area contributed by atoms with Gasteiger partial charge in [0.2, 0.25) is 8.32 Å². The first-order chi connectivity index (χ1) is 7.13. The van der Waals surface area contributed by atoms with Crippen LogP contribution in [0.15, 0.2) is 22.7 Å². The third-order valence-corrected chi connectivity index (χ3v) is 9.75. The second-order valence-corrected chi connectivity index (χ2v) is 12.2. The quantitative estimate of drug-likeness (QED) is 0.464. The Morgan fingerprint density at radius 1 is 1.25 bits per heavy atom. The highest BCUT2D eigenvalue weighted by Crippen LogP contribution is 2.38. The van der Waals surface area contributed by atoms with Crippen molar-refractivity contribution in [2.75, 3.05) is 0 Å². The van der Waals surface area contributed by atoms with E-state index < -0.39 is 8.32 Å². The van der Waals surface area contributed by atoms with Gasteiger partial charge in [0.15, 0.2) is 0 Å². The van der Waals surface area contributed by atoms with Crippen molar-refractivity contribution in [3.63, 3.8) is 0 Å². The summed E-state index contributed by atoms with van der Waals surface area (Å²) in [5.41, 5.74) is 0. The van der Waals surface area contributed by atoms with Gasteiger partial charge in [-0.1, -0.05) is 20.8 Å². The summed E-state index contributed by atoms with van der Waals surface area (Å²) in [5.74, 6) is 0.985. The molecule has 0 unspecified atom stereocenters. The molecule has 1 aromatic rings. The maximum atomic E-state index is 6.22. The van der Waals surface area contributed by atoms with Crippen molar-refractivity contribution in [1.29, 1.82) is 0 Å². The van der Waals surface area contributed by atoms with Gasteiger partial charge in [-0.15, -0.1) is 0 Å². The Labute approximate surface area is 121 Å². The van der Waals surface area contributed by atoms with E-state index in [1.165, 1.54) is 3.57 Å². The molecule has 0 aliphatic rings. The van der Waals surface area contributed by atoms with Crippen LogP contribution < -0.4 is 4.43 Å². The van der Waals surface area contributed by atoms with Gasteiger partial charge < -0.3 is 4.43 Å². The second kappa shape index (κ2) is 4.98. The van der Waals surface area contributed by atoms with Crippen LogP contribution in [0.25, 0.3) is 0 Å². The fourth-order valence-corrected chi connectivity index (χ4v) is 2.74. The summed E-state index contributed by atoms with van der Waals surface area (Å²) in [4.78, 5) is 0. The predicted molar refractivity (Wildman–Crippen MR) is 84.7 cm³/mol. The molecule has 0 N–H and O–H groups in total. The molecule has 0 bridgehead atoms. The second-order valence-electron chi connectivity index (χ2n) is 5.44. The maximum absolute atomic E-state index is 6.22. The summed E-state index contributed by atoms with van der Waals surface area (Å²) >= 11 is 5.81. The molecule has 4 heteroatoms. The van der Waals surface area contributed by atoms with Crippen LogP contribution >= 0.6 is 38.5 Å². The summed E-state index contributed by atoms with van der Waals surface area (Å²) in [6, 6.07) is 6.17. The van der Waals surface area contributed by atoms with Crippen LogP contribution in [0.3, 0.4) is 0 Å². The number of benzene rings is 1. The molecule has 0 aromatic heterocycles. The van der Waals surface area contributed by atoms with Gasteiger partial charge in [-0.2, -0.15) is 0 Å². The number of rotatable bonds is 2. The van der Waals surface area contributed by atoms with E-state index in [1.54, 1.807) is 0 Å². The molecule has 1 nitrogen and oxygen atoms in total. The van der Waals surface area contributed by atoms with Gasteiger partial charge in [-0.05, 0) is 74.9 Å². The van der Waals surface area contributed by atoms with E-state index in [4.69, 9.17) is 4.43 Å². The molecule has 0 saturated carbocycles. The van der Waals surface area contributed by atoms with Gasteiger partial charge >= 0.3 is 0 Å². The van der Waals surface area contributed by atoms with Crippen LogP contribution in [0.5, 0.6) is 5.75 Å². The Morgan fingerprint density at radius 3 is 2.25 bits per heavy atom. The van der Waals surface area contributed by atoms with E-state index in [0.717, 1.165) is 10.2 Å². The fraction of sp³-hybridized carbons (Fsp3) is 0.500. The first-order valence-electron chi connectivity index (χ1n) is 5.27. The van der Waals surface area contributed by atoms with Crippen molar-refractivity contribution >= 4 is 46.8 Å². The molecule has 16 heavy (non-hydrogen) atoms. The van der Waals surface area contributed by atoms with Crippen LogP contribution in [0.4, 0.5) is 0 Å². The minimum atomic E-state index is -1.70. The van der Waals surface area contributed by atoms with Gasteiger partial charge in [0.05, 0.1) is 0 Å². The Balaban J connectivity index is 2.93. The van der Waals surface area contributed by atoms with Gasteiger partial charge in [-0.25, -0.2) is 0 Å². The minimum absolute atomic E-state index is 0.242. The number of hydrogen-bond donors (Lipinski definition) is 0. The predicted octanol–water partition coefficient (Wildman–Crippen LogP) is 5.44. The van der Waals surface area contributed by atoms with E-state index in [9.17, 15) is 0 Å². The van der Waals surface area contributed by atoms with Crippen LogP contribution in [-0.4, -0.2) is 8.32 Å². The monoisotopic (exact) mass is 412 g/mol. The number of halogens is 2. The van der Waals surface area contributed by atoms with Crippen LogP contribution in [0, 0.1) is 3.57 Å². The summed E-state index contributed by atoms with van der Waals surface area (Å²) in [5, 5.41) is 0.242. The van der Waals surface area contributed by atoms with Crippen LogP contribution in [-0.2, 0) is 0 Å². The summed E-state index contributed by atoms with van der Waals surface area (Å²) in [6.07, 6.45) is 0. The van der Waals surface area contributed by atoms with Crippen molar-refractivity contribution in [1.82, 2.24) is 0 Å². The Kier molecular flexibility index (Phi) is 4.51. The highest BCUT2D eigenvalue weighted by atomic mass is 127. The summed E-state index contributed by atoms with van der Waals surface area (Å²) in [6.45, 7) is 11.3. The molecule has 0 radical (unpaired) electrons. The average molecular weight is 413 g/mol. The summed E-state index contributed by atoms with van der Waals surface area (Å²) in [7, 11) is -1.70. The SMILES string of the molecule is CC(C)(C)[Si](C)(C)Oc1ccc(Br)c(I)c1. The molecule has 0 fully saturated rings. The van der Waals surface area contributed by atoms with Crippen molar-refractivity contribution < 1.29 is 4.43 Å². The van der Waals surface area contributed by atoms with Crippen molar-refractivity contribution in [2.45, 2.75) is 38.9 Å². The smallest absolute Gasteiger partial charge is 0.250 e. The maximum Gasteiger partial charge on any atom is 0.250 e. The largest absolute Gasteiger partial charge is 0.543 e. The lowest BCUT2D eigenvalue weighted by atomic mass is 10.2. The van der Waals surface area contributed by atoms with Gasteiger partial charge in [0.25, 0.3) is 0 Å². The molecule has 0 aliphatic heterocycles. The van der Waals surface area contributed by atoms with E-state index >= 15 is 0 Å². The molecule has 0 amide bonds. The molecule has 90 valence electrons. The molecular formula is C12H18BrIOSi. The molecule has 0 atom stereocenters. The van der Waals surface area contributed by atoms with E-state index in [0.29, 0.717) is 0 Å². The van der Waals surface area contributed by atoms with Gasteiger partial charge in [-0.3, -0.25) is 0 Å². The fourth-order valence-electron chi connectivity index (χ4n) is 0.988. The minimum Gasteiger partial charge on any atom is -0.543 e. The molecule has 0 heterocycles. The molecular weight excluding hydrogens is 395 g/mol. The molecule has 0 spiro atoms. The van der Waals surface area contributed by atoms with Crippen molar-refractivity contribution in [2.24, 2.45) is 0 Å². The third kappa shape index (κ3) is 3.47. The molecule has 0 aliphatic carbocycles. The normalized spacial score (nSPS) is 12.7. The molecule has 1 rings (SSSR count). The Bertz CT molecular complexity index is 385. The van der Waals surface area contributed by atoms with E-state index in [-0.39, 0.29) is 5.04 Å². The lowest BCUT2D eigenvalue weighted by Gasteiger charge is -2.36. The van der Waals surface area contributed by atoms with E-state index in [1.807, 2.05) is 12.1 Å². The van der Waals surface area contributed by atoms with Crippen molar-refractivity contribution in [3.05, 3.63) is 26.2 Å². The average Bonchev–Trinajstić information content (AvgIpc) is 2.09. The Hall–Kier alpha value is 0.447. The zero-order chi connectivity index (χ0) is 12.6. The highest BCUT2D eigenvalue weighted by molar-refractivity contribution is 14.1. The first-order valence-corrected chi connectivity index (χ1v) is 10.1.